The minimum Gasteiger partial charge on any atom is -0.245 e. The first kappa shape index (κ1) is 9.39. The number of rotatable bonds is 2. The SMILES string of the molecule is C=CN=C(N=C)c1cccc(C)c1. The van der Waals surface area contributed by atoms with Gasteiger partial charge < -0.3 is 0 Å². The van der Waals surface area contributed by atoms with E-state index in [0.717, 1.165) is 5.56 Å². The third-order valence-corrected chi connectivity index (χ3v) is 1.64. The van der Waals surface area contributed by atoms with Gasteiger partial charge in [-0.25, -0.2) is 9.98 Å². The summed E-state index contributed by atoms with van der Waals surface area (Å²) in [6.45, 7) is 9.00. The highest BCUT2D eigenvalue weighted by Crippen LogP contribution is 2.06. The average molecular weight is 172 g/mol. The quantitative estimate of drug-likeness (QED) is 0.484. The van der Waals surface area contributed by atoms with E-state index in [1.165, 1.54) is 11.8 Å². The lowest BCUT2D eigenvalue weighted by molar-refractivity contribution is 1.42. The zero-order valence-corrected chi connectivity index (χ0v) is 7.70. The Labute approximate surface area is 78.4 Å². The number of amidine groups is 1. The number of aryl methyl sites for hydroxylation is 1. The highest BCUT2D eigenvalue weighted by Gasteiger charge is 1.98. The standard InChI is InChI=1S/C11H12N2/c1-4-13-11(12-3)10-7-5-6-9(2)8-10/h4-8H,1,3H2,2H3. The van der Waals surface area contributed by atoms with Gasteiger partial charge in [-0.15, -0.1) is 0 Å². The molecule has 13 heavy (non-hydrogen) atoms. The molecule has 0 heterocycles. The van der Waals surface area contributed by atoms with Crippen LogP contribution in [-0.2, 0) is 0 Å². The Morgan fingerprint density at radius 3 is 2.77 bits per heavy atom. The first-order valence-corrected chi connectivity index (χ1v) is 4.00. The molecule has 2 heteroatoms. The van der Waals surface area contributed by atoms with Crippen LogP contribution < -0.4 is 0 Å². The van der Waals surface area contributed by atoms with Crippen molar-refractivity contribution in [3.8, 4) is 0 Å². The van der Waals surface area contributed by atoms with Crippen molar-refractivity contribution < 1.29 is 0 Å². The Balaban J connectivity index is 3.12. The van der Waals surface area contributed by atoms with Crippen molar-refractivity contribution in [3.63, 3.8) is 0 Å². The van der Waals surface area contributed by atoms with Crippen molar-refractivity contribution in [2.75, 3.05) is 0 Å². The monoisotopic (exact) mass is 172 g/mol. The molecule has 1 aromatic carbocycles. The first-order chi connectivity index (χ1) is 6.27. The molecular formula is C11H12N2. The van der Waals surface area contributed by atoms with Crippen molar-refractivity contribution in [2.24, 2.45) is 9.98 Å². The zero-order valence-electron chi connectivity index (χ0n) is 7.70. The minimum atomic E-state index is 0.610. The molecule has 2 nitrogen and oxygen atoms in total. The predicted octanol–water partition coefficient (Wildman–Crippen LogP) is 2.59. The van der Waals surface area contributed by atoms with E-state index in [1.54, 1.807) is 0 Å². The second kappa shape index (κ2) is 4.36. The Hall–Kier alpha value is -1.70. The number of nitrogens with zero attached hydrogens (tertiary/aromatic N) is 2. The van der Waals surface area contributed by atoms with E-state index in [-0.39, 0.29) is 0 Å². The van der Waals surface area contributed by atoms with Gasteiger partial charge in [0.05, 0.1) is 0 Å². The fourth-order valence-electron chi connectivity index (χ4n) is 1.08. The summed E-state index contributed by atoms with van der Waals surface area (Å²) in [4.78, 5) is 7.82. The molecule has 66 valence electrons. The summed E-state index contributed by atoms with van der Waals surface area (Å²) in [5.41, 5.74) is 2.15. The van der Waals surface area contributed by atoms with Crippen LogP contribution in [0.2, 0.25) is 0 Å². The Bertz CT molecular complexity index is 351. The normalized spacial score (nSPS) is 11.0. The van der Waals surface area contributed by atoms with Crippen molar-refractivity contribution in [2.45, 2.75) is 6.92 Å². The van der Waals surface area contributed by atoms with Crippen molar-refractivity contribution >= 4 is 12.6 Å². The fourth-order valence-corrected chi connectivity index (χ4v) is 1.08. The molecule has 0 bridgehead atoms. The van der Waals surface area contributed by atoms with Crippen LogP contribution in [0.5, 0.6) is 0 Å². The maximum Gasteiger partial charge on any atom is 0.158 e. The first-order valence-electron chi connectivity index (χ1n) is 4.00. The van der Waals surface area contributed by atoms with Crippen LogP contribution in [0.25, 0.3) is 0 Å². The number of hydrogen-bond donors (Lipinski definition) is 0. The fraction of sp³-hybridized carbons (Fsp3) is 0.0909. The topological polar surface area (TPSA) is 24.7 Å². The van der Waals surface area contributed by atoms with Gasteiger partial charge in [0.15, 0.2) is 5.84 Å². The van der Waals surface area contributed by atoms with Crippen LogP contribution in [0.15, 0.2) is 47.0 Å². The maximum atomic E-state index is 4.01. The number of hydrogen-bond acceptors (Lipinski definition) is 1. The lowest BCUT2D eigenvalue weighted by atomic mass is 10.1. The van der Waals surface area contributed by atoms with Crippen LogP contribution >= 0.6 is 0 Å². The molecule has 0 aliphatic carbocycles. The van der Waals surface area contributed by atoms with Gasteiger partial charge in [0.1, 0.15) is 0 Å². The molecule has 0 fully saturated rings. The van der Waals surface area contributed by atoms with Crippen molar-refractivity contribution in [1.29, 1.82) is 0 Å². The molecule has 0 atom stereocenters. The highest BCUT2D eigenvalue weighted by molar-refractivity contribution is 6.01. The van der Waals surface area contributed by atoms with Gasteiger partial charge in [0, 0.05) is 11.8 Å². The number of benzene rings is 1. The lowest BCUT2D eigenvalue weighted by Gasteiger charge is -1.99. The van der Waals surface area contributed by atoms with Gasteiger partial charge in [0.2, 0.25) is 0 Å². The molecule has 0 saturated heterocycles. The summed E-state index contributed by atoms with van der Waals surface area (Å²) in [6.07, 6.45) is 1.46. The van der Waals surface area contributed by atoms with E-state index in [0.29, 0.717) is 5.84 Å². The molecule has 0 saturated carbocycles. The van der Waals surface area contributed by atoms with Gasteiger partial charge in [-0.1, -0.05) is 30.3 Å². The lowest BCUT2D eigenvalue weighted by Crippen LogP contribution is -1.95. The van der Waals surface area contributed by atoms with Crippen molar-refractivity contribution in [3.05, 3.63) is 48.2 Å². The molecule has 0 aliphatic rings. The van der Waals surface area contributed by atoms with Crippen LogP contribution in [0.4, 0.5) is 0 Å². The molecule has 0 unspecified atom stereocenters. The largest absolute Gasteiger partial charge is 0.245 e. The summed E-state index contributed by atoms with van der Waals surface area (Å²) >= 11 is 0. The van der Waals surface area contributed by atoms with E-state index in [1.807, 2.05) is 31.2 Å². The maximum absolute atomic E-state index is 4.01. The Morgan fingerprint density at radius 2 is 2.23 bits per heavy atom. The molecule has 0 aromatic heterocycles. The smallest absolute Gasteiger partial charge is 0.158 e. The van der Waals surface area contributed by atoms with Crippen LogP contribution in [0.3, 0.4) is 0 Å². The predicted molar refractivity (Wildman–Crippen MR) is 57.5 cm³/mol. The molecule has 0 spiro atoms. The summed E-state index contributed by atoms with van der Waals surface area (Å²) in [5, 5.41) is 0. The third-order valence-electron chi connectivity index (χ3n) is 1.64. The second-order valence-electron chi connectivity index (χ2n) is 2.66. The van der Waals surface area contributed by atoms with E-state index >= 15 is 0 Å². The van der Waals surface area contributed by atoms with Gasteiger partial charge in [-0.3, -0.25) is 0 Å². The van der Waals surface area contributed by atoms with Crippen LogP contribution in [0.1, 0.15) is 11.1 Å². The highest BCUT2D eigenvalue weighted by atomic mass is 14.9. The van der Waals surface area contributed by atoms with Gasteiger partial charge in [-0.05, 0) is 19.7 Å². The molecular weight excluding hydrogens is 160 g/mol. The second-order valence-corrected chi connectivity index (χ2v) is 2.66. The number of aliphatic imine (C=N–C) groups is 2. The average Bonchev–Trinajstić information content (AvgIpc) is 2.14. The third kappa shape index (κ3) is 2.37. The van der Waals surface area contributed by atoms with Gasteiger partial charge in [0.25, 0.3) is 0 Å². The minimum absolute atomic E-state index is 0.610. The zero-order chi connectivity index (χ0) is 9.68. The molecule has 0 N–H and O–H groups in total. The van der Waals surface area contributed by atoms with Crippen molar-refractivity contribution in [1.82, 2.24) is 0 Å². The molecule has 0 aliphatic heterocycles. The molecule has 1 rings (SSSR count). The van der Waals surface area contributed by atoms with E-state index in [4.69, 9.17) is 0 Å². The molecule has 0 radical (unpaired) electrons. The summed E-state index contributed by atoms with van der Waals surface area (Å²) < 4.78 is 0. The Kier molecular flexibility index (Phi) is 3.15. The van der Waals surface area contributed by atoms with Crippen LogP contribution in [-0.4, -0.2) is 12.6 Å². The molecule has 1 aromatic rings. The summed E-state index contributed by atoms with van der Waals surface area (Å²) in [7, 11) is 0. The van der Waals surface area contributed by atoms with Gasteiger partial charge in [-0.2, -0.15) is 0 Å². The van der Waals surface area contributed by atoms with Gasteiger partial charge >= 0.3 is 0 Å². The summed E-state index contributed by atoms with van der Waals surface area (Å²) in [6, 6.07) is 7.95. The van der Waals surface area contributed by atoms with E-state index in [2.05, 4.69) is 23.3 Å². The van der Waals surface area contributed by atoms with E-state index < -0.39 is 0 Å². The molecule has 0 amide bonds. The Morgan fingerprint density at radius 1 is 1.46 bits per heavy atom. The van der Waals surface area contributed by atoms with Crippen LogP contribution in [0, 0.1) is 6.92 Å². The summed E-state index contributed by atoms with van der Waals surface area (Å²) in [5.74, 6) is 0.610. The van der Waals surface area contributed by atoms with E-state index in [9.17, 15) is 0 Å².